The highest BCUT2D eigenvalue weighted by Gasteiger charge is 2.13. The van der Waals surface area contributed by atoms with E-state index in [-0.39, 0.29) is 24.0 Å². The first kappa shape index (κ1) is 25.9. The van der Waals surface area contributed by atoms with Crippen molar-refractivity contribution in [3.8, 4) is 5.75 Å². The standard InChI is InChI=1S/C20H36N4O2.HI/c1-7-21-20(22-11-12-24(15(2)3)16(4)5)23-14-19(25)17-9-8-10-18(13-17)26-6;/h8-10,13,15-16,19,25H,7,11-12,14H2,1-6H3,(H2,21,22,23);1H. The van der Waals surface area contributed by atoms with Crippen molar-refractivity contribution < 1.29 is 9.84 Å². The number of nitrogens with one attached hydrogen (secondary N) is 2. The third-order valence-electron chi connectivity index (χ3n) is 4.23. The van der Waals surface area contributed by atoms with E-state index >= 15 is 0 Å². The molecule has 0 aliphatic rings. The van der Waals surface area contributed by atoms with Crippen molar-refractivity contribution in [2.24, 2.45) is 4.99 Å². The van der Waals surface area contributed by atoms with Crippen LogP contribution in [0.2, 0.25) is 0 Å². The maximum atomic E-state index is 10.4. The highest BCUT2D eigenvalue weighted by atomic mass is 127. The Labute approximate surface area is 181 Å². The minimum Gasteiger partial charge on any atom is -0.497 e. The lowest BCUT2D eigenvalue weighted by Crippen LogP contribution is -2.45. The number of aliphatic imine (C=N–C) groups is 1. The molecular weight excluding hydrogens is 455 g/mol. The molecule has 0 radical (unpaired) electrons. The highest BCUT2D eigenvalue weighted by Crippen LogP contribution is 2.19. The summed E-state index contributed by atoms with van der Waals surface area (Å²) in [4.78, 5) is 6.95. The smallest absolute Gasteiger partial charge is 0.191 e. The van der Waals surface area contributed by atoms with Gasteiger partial charge in [-0.15, -0.1) is 24.0 Å². The summed E-state index contributed by atoms with van der Waals surface area (Å²) in [6.45, 7) is 13.7. The van der Waals surface area contributed by atoms with Crippen molar-refractivity contribution in [1.82, 2.24) is 15.5 Å². The molecule has 0 aliphatic carbocycles. The summed E-state index contributed by atoms with van der Waals surface area (Å²) in [5.74, 6) is 1.46. The number of aliphatic hydroxyl groups is 1. The van der Waals surface area contributed by atoms with Crippen LogP contribution in [0.5, 0.6) is 5.75 Å². The summed E-state index contributed by atoms with van der Waals surface area (Å²) in [5, 5.41) is 17.0. The molecule has 0 fully saturated rings. The normalized spacial score (nSPS) is 12.9. The van der Waals surface area contributed by atoms with Gasteiger partial charge < -0.3 is 20.5 Å². The number of benzene rings is 1. The zero-order valence-electron chi connectivity index (χ0n) is 17.5. The van der Waals surface area contributed by atoms with Gasteiger partial charge in [-0.1, -0.05) is 12.1 Å². The molecule has 3 N–H and O–H groups in total. The molecule has 1 aromatic carbocycles. The Balaban J connectivity index is 0.00000676. The summed E-state index contributed by atoms with van der Waals surface area (Å²) in [6, 6.07) is 8.46. The fourth-order valence-corrected chi connectivity index (χ4v) is 2.89. The zero-order chi connectivity index (χ0) is 19.5. The molecule has 0 aromatic heterocycles. The molecule has 1 rings (SSSR count). The average molecular weight is 492 g/mol. The lowest BCUT2D eigenvalue weighted by molar-refractivity contribution is 0.178. The van der Waals surface area contributed by atoms with E-state index in [0.29, 0.717) is 18.6 Å². The monoisotopic (exact) mass is 492 g/mol. The van der Waals surface area contributed by atoms with Gasteiger partial charge in [0, 0.05) is 31.7 Å². The van der Waals surface area contributed by atoms with Crippen molar-refractivity contribution in [2.45, 2.75) is 52.8 Å². The van der Waals surface area contributed by atoms with Crippen LogP contribution in [-0.4, -0.2) is 61.3 Å². The molecule has 0 spiro atoms. The number of hydrogen-bond donors (Lipinski definition) is 3. The van der Waals surface area contributed by atoms with Crippen molar-refractivity contribution in [3.05, 3.63) is 29.8 Å². The largest absolute Gasteiger partial charge is 0.497 e. The zero-order valence-corrected chi connectivity index (χ0v) is 19.9. The molecule has 27 heavy (non-hydrogen) atoms. The fraction of sp³-hybridized carbons (Fsp3) is 0.650. The van der Waals surface area contributed by atoms with Crippen molar-refractivity contribution >= 4 is 29.9 Å². The summed E-state index contributed by atoms with van der Waals surface area (Å²) in [5.41, 5.74) is 0.801. The summed E-state index contributed by atoms with van der Waals surface area (Å²) >= 11 is 0. The van der Waals surface area contributed by atoms with Crippen molar-refractivity contribution in [2.75, 3.05) is 33.3 Å². The van der Waals surface area contributed by atoms with Gasteiger partial charge >= 0.3 is 0 Å². The third kappa shape index (κ3) is 9.62. The number of rotatable bonds is 10. The number of halogens is 1. The molecule has 1 atom stereocenters. The van der Waals surface area contributed by atoms with Gasteiger partial charge in [0.1, 0.15) is 5.75 Å². The SMILES string of the molecule is CCNC(=NCC(O)c1cccc(OC)c1)NCCN(C(C)C)C(C)C.I. The fourth-order valence-electron chi connectivity index (χ4n) is 2.89. The minimum atomic E-state index is -0.664. The van der Waals surface area contributed by atoms with E-state index in [1.807, 2.05) is 31.2 Å². The molecule has 0 heterocycles. The Morgan fingerprint density at radius 2 is 1.85 bits per heavy atom. The van der Waals surface area contributed by atoms with Crippen LogP contribution in [0.1, 0.15) is 46.3 Å². The van der Waals surface area contributed by atoms with Gasteiger partial charge in [-0.05, 0) is 52.3 Å². The average Bonchev–Trinajstić information content (AvgIpc) is 2.62. The van der Waals surface area contributed by atoms with Gasteiger partial charge in [-0.25, -0.2) is 0 Å². The second kappa shape index (κ2) is 14.0. The second-order valence-corrected chi connectivity index (χ2v) is 6.86. The Hall–Kier alpha value is -1.06. The molecule has 0 saturated heterocycles. The maximum Gasteiger partial charge on any atom is 0.191 e. The number of hydrogen-bond acceptors (Lipinski definition) is 4. The molecule has 0 saturated carbocycles. The summed E-state index contributed by atoms with van der Waals surface area (Å²) in [6.07, 6.45) is -0.664. The van der Waals surface area contributed by atoms with Crippen LogP contribution in [0.15, 0.2) is 29.3 Å². The van der Waals surface area contributed by atoms with E-state index in [0.717, 1.165) is 36.9 Å². The van der Waals surface area contributed by atoms with Gasteiger partial charge in [-0.2, -0.15) is 0 Å². The van der Waals surface area contributed by atoms with Crippen LogP contribution in [0, 0.1) is 0 Å². The summed E-state index contributed by atoms with van der Waals surface area (Å²) < 4.78 is 5.21. The molecule has 1 aromatic rings. The molecule has 0 amide bonds. The van der Waals surface area contributed by atoms with E-state index < -0.39 is 6.10 Å². The van der Waals surface area contributed by atoms with Crippen LogP contribution in [0.4, 0.5) is 0 Å². The molecular formula is C20H37IN4O2. The second-order valence-electron chi connectivity index (χ2n) is 6.86. The Bertz CT molecular complexity index is 545. The van der Waals surface area contributed by atoms with E-state index in [4.69, 9.17) is 4.74 Å². The Morgan fingerprint density at radius 3 is 2.41 bits per heavy atom. The van der Waals surface area contributed by atoms with E-state index in [9.17, 15) is 5.11 Å². The van der Waals surface area contributed by atoms with E-state index in [1.165, 1.54) is 0 Å². The summed E-state index contributed by atoms with van der Waals surface area (Å²) in [7, 11) is 1.62. The quantitative estimate of drug-likeness (QED) is 0.266. The predicted molar refractivity (Wildman–Crippen MR) is 124 cm³/mol. The predicted octanol–water partition coefficient (Wildman–Crippen LogP) is 3.02. The van der Waals surface area contributed by atoms with Crippen molar-refractivity contribution in [3.63, 3.8) is 0 Å². The van der Waals surface area contributed by atoms with Crippen molar-refractivity contribution in [1.29, 1.82) is 0 Å². The van der Waals surface area contributed by atoms with Crippen LogP contribution >= 0.6 is 24.0 Å². The van der Waals surface area contributed by atoms with Crippen LogP contribution in [0.3, 0.4) is 0 Å². The molecule has 156 valence electrons. The first-order valence-corrected chi connectivity index (χ1v) is 9.48. The molecule has 0 bridgehead atoms. The first-order valence-electron chi connectivity index (χ1n) is 9.48. The van der Waals surface area contributed by atoms with Crippen LogP contribution < -0.4 is 15.4 Å². The van der Waals surface area contributed by atoms with Crippen LogP contribution in [-0.2, 0) is 0 Å². The van der Waals surface area contributed by atoms with Gasteiger partial charge in [0.15, 0.2) is 5.96 Å². The molecule has 1 unspecified atom stereocenters. The molecule has 0 aliphatic heterocycles. The Kier molecular flexibility index (Phi) is 13.5. The number of aliphatic hydroxyl groups excluding tert-OH is 1. The number of guanidine groups is 1. The van der Waals surface area contributed by atoms with Gasteiger partial charge in [0.2, 0.25) is 0 Å². The lowest BCUT2D eigenvalue weighted by Gasteiger charge is -2.30. The number of ether oxygens (including phenoxy) is 1. The van der Waals surface area contributed by atoms with Crippen LogP contribution in [0.25, 0.3) is 0 Å². The topological polar surface area (TPSA) is 69.1 Å². The van der Waals surface area contributed by atoms with Gasteiger partial charge in [-0.3, -0.25) is 9.89 Å². The molecule has 7 heteroatoms. The highest BCUT2D eigenvalue weighted by molar-refractivity contribution is 14.0. The number of nitrogens with zero attached hydrogens (tertiary/aromatic N) is 2. The maximum absolute atomic E-state index is 10.4. The van der Waals surface area contributed by atoms with E-state index in [2.05, 4.69) is 48.2 Å². The lowest BCUT2D eigenvalue weighted by atomic mass is 10.1. The van der Waals surface area contributed by atoms with E-state index in [1.54, 1.807) is 7.11 Å². The van der Waals surface area contributed by atoms with Gasteiger partial charge in [0.25, 0.3) is 0 Å². The Morgan fingerprint density at radius 1 is 1.19 bits per heavy atom. The number of methoxy groups -OCH3 is 1. The minimum absolute atomic E-state index is 0. The third-order valence-corrected chi connectivity index (χ3v) is 4.23. The first-order chi connectivity index (χ1) is 12.4. The van der Waals surface area contributed by atoms with Gasteiger partial charge in [0.05, 0.1) is 19.8 Å². The molecule has 6 nitrogen and oxygen atoms in total.